The molecular weight excluding hydrogens is 154 g/mol. The van der Waals surface area contributed by atoms with Gasteiger partial charge in [-0.3, -0.25) is 0 Å². The number of hydrogen-bond donors (Lipinski definition) is 1. The van der Waals surface area contributed by atoms with Crippen molar-refractivity contribution in [1.82, 2.24) is 0 Å². The molecule has 3 atom stereocenters. The van der Waals surface area contributed by atoms with Crippen molar-refractivity contribution in [2.75, 3.05) is 0 Å². The molecule has 1 aliphatic rings. The van der Waals surface area contributed by atoms with Crippen LogP contribution in [0.3, 0.4) is 0 Å². The van der Waals surface area contributed by atoms with Gasteiger partial charge in [-0.2, -0.15) is 0 Å². The molecule has 0 aromatic rings. The predicted molar refractivity (Wildman–Crippen MR) is 47.6 cm³/mol. The van der Waals surface area contributed by atoms with Gasteiger partial charge in [-0.25, -0.2) is 0 Å². The fraction of sp³-hybridized carbons (Fsp3) is 0.889. The third kappa shape index (κ3) is 1.22. The summed E-state index contributed by atoms with van der Waals surface area (Å²) in [4.78, 5) is 0. The Morgan fingerprint density at radius 2 is 2.17 bits per heavy atom. The first-order valence-electron chi connectivity index (χ1n) is 4.44. The lowest BCUT2D eigenvalue weighted by Crippen LogP contribution is -2.30. The Morgan fingerprint density at radius 1 is 1.58 bits per heavy atom. The van der Waals surface area contributed by atoms with Gasteiger partial charge >= 0.3 is 0 Å². The predicted octanol–water partition coefficient (Wildman–Crippen LogP) is 2.04. The molecule has 0 spiro atoms. The van der Waals surface area contributed by atoms with Crippen LogP contribution in [-0.2, 0) is 4.74 Å². The monoisotopic (exact) mass is 171 g/mol. The van der Waals surface area contributed by atoms with E-state index in [1.807, 2.05) is 13.8 Å². The van der Waals surface area contributed by atoms with E-state index in [0.29, 0.717) is 0 Å². The summed E-state index contributed by atoms with van der Waals surface area (Å²) < 4.78 is 5.72. The molecule has 0 amide bonds. The summed E-state index contributed by atoms with van der Waals surface area (Å²) in [5.41, 5.74) is 0.611. The van der Waals surface area contributed by atoms with Gasteiger partial charge in [0.25, 0.3) is 0 Å². The SMILES string of the molecule is CCC1(C)OC(C)/C(=N\O)C1C. The van der Waals surface area contributed by atoms with Gasteiger partial charge in [0, 0.05) is 5.92 Å². The van der Waals surface area contributed by atoms with Crippen molar-refractivity contribution in [2.24, 2.45) is 11.1 Å². The third-order valence-corrected chi connectivity index (χ3v) is 3.04. The molecule has 3 heteroatoms. The highest BCUT2D eigenvalue weighted by atomic mass is 16.5. The first kappa shape index (κ1) is 9.52. The van der Waals surface area contributed by atoms with Crippen LogP contribution in [0.1, 0.15) is 34.1 Å². The molecule has 1 fully saturated rings. The summed E-state index contributed by atoms with van der Waals surface area (Å²) >= 11 is 0. The lowest BCUT2D eigenvalue weighted by Gasteiger charge is -2.25. The number of rotatable bonds is 1. The van der Waals surface area contributed by atoms with Gasteiger partial charge < -0.3 is 9.94 Å². The molecule has 12 heavy (non-hydrogen) atoms. The van der Waals surface area contributed by atoms with Crippen LogP contribution in [0.5, 0.6) is 0 Å². The van der Waals surface area contributed by atoms with Crippen molar-refractivity contribution >= 4 is 5.71 Å². The van der Waals surface area contributed by atoms with E-state index < -0.39 is 0 Å². The van der Waals surface area contributed by atoms with Crippen LogP contribution in [-0.4, -0.2) is 22.6 Å². The molecule has 3 nitrogen and oxygen atoms in total. The first-order valence-corrected chi connectivity index (χ1v) is 4.44. The summed E-state index contributed by atoms with van der Waals surface area (Å²) in [5, 5.41) is 12.0. The fourth-order valence-electron chi connectivity index (χ4n) is 1.79. The molecule has 70 valence electrons. The van der Waals surface area contributed by atoms with E-state index in [1.165, 1.54) is 0 Å². The van der Waals surface area contributed by atoms with Crippen LogP contribution < -0.4 is 0 Å². The van der Waals surface area contributed by atoms with E-state index >= 15 is 0 Å². The summed E-state index contributed by atoms with van der Waals surface area (Å²) in [5.74, 6) is 0.211. The first-order chi connectivity index (χ1) is 5.55. The zero-order valence-corrected chi connectivity index (χ0v) is 8.16. The Labute approximate surface area is 73.4 Å². The Morgan fingerprint density at radius 3 is 2.42 bits per heavy atom. The highest BCUT2D eigenvalue weighted by Gasteiger charge is 2.44. The minimum absolute atomic E-state index is 0.0463. The smallest absolute Gasteiger partial charge is 0.0972 e. The van der Waals surface area contributed by atoms with Crippen molar-refractivity contribution in [3.8, 4) is 0 Å². The van der Waals surface area contributed by atoms with E-state index in [9.17, 15) is 0 Å². The van der Waals surface area contributed by atoms with Crippen LogP contribution >= 0.6 is 0 Å². The van der Waals surface area contributed by atoms with Gasteiger partial charge in [0.1, 0.15) is 0 Å². The second-order valence-electron chi connectivity index (χ2n) is 3.67. The molecule has 1 rings (SSSR count). The molecule has 0 aromatic heterocycles. The highest BCUT2D eigenvalue weighted by molar-refractivity contribution is 5.92. The molecule has 0 saturated carbocycles. The zero-order chi connectivity index (χ0) is 9.35. The van der Waals surface area contributed by atoms with Crippen LogP contribution in [0, 0.1) is 5.92 Å². The molecule has 1 saturated heterocycles. The van der Waals surface area contributed by atoms with E-state index in [0.717, 1.165) is 12.1 Å². The second-order valence-corrected chi connectivity index (χ2v) is 3.67. The summed E-state index contributed by atoms with van der Waals surface area (Å²) in [6.07, 6.45) is 0.896. The van der Waals surface area contributed by atoms with Gasteiger partial charge in [-0.1, -0.05) is 19.0 Å². The zero-order valence-electron chi connectivity index (χ0n) is 8.16. The minimum atomic E-state index is -0.152. The van der Waals surface area contributed by atoms with Crippen molar-refractivity contribution in [3.63, 3.8) is 0 Å². The lowest BCUT2D eigenvalue weighted by atomic mass is 9.87. The van der Waals surface area contributed by atoms with Crippen LogP contribution in [0.2, 0.25) is 0 Å². The number of hydrogen-bond acceptors (Lipinski definition) is 3. The molecule has 0 bridgehead atoms. The van der Waals surface area contributed by atoms with E-state index in [4.69, 9.17) is 9.94 Å². The lowest BCUT2D eigenvalue weighted by molar-refractivity contribution is -0.0368. The quantitative estimate of drug-likeness (QED) is 0.484. The van der Waals surface area contributed by atoms with Gasteiger partial charge in [0.2, 0.25) is 0 Å². The maximum Gasteiger partial charge on any atom is 0.0972 e. The van der Waals surface area contributed by atoms with Crippen LogP contribution in [0.4, 0.5) is 0 Å². The average molecular weight is 171 g/mol. The van der Waals surface area contributed by atoms with Gasteiger partial charge in [0.05, 0.1) is 17.4 Å². The van der Waals surface area contributed by atoms with E-state index in [1.54, 1.807) is 0 Å². The van der Waals surface area contributed by atoms with Crippen molar-refractivity contribution in [3.05, 3.63) is 0 Å². The Hall–Kier alpha value is -0.570. The fourth-order valence-corrected chi connectivity index (χ4v) is 1.79. The topological polar surface area (TPSA) is 41.8 Å². The van der Waals surface area contributed by atoms with Crippen molar-refractivity contribution in [1.29, 1.82) is 0 Å². The highest BCUT2D eigenvalue weighted by Crippen LogP contribution is 2.36. The third-order valence-electron chi connectivity index (χ3n) is 3.04. The molecule has 0 aromatic carbocycles. The summed E-state index contributed by atoms with van der Waals surface area (Å²) in [7, 11) is 0. The Kier molecular flexibility index (Phi) is 2.42. The number of oxime groups is 1. The Bertz CT molecular complexity index is 203. The second kappa shape index (κ2) is 3.05. The molecule has 1 N–H and O–H groups in total. The number of nitrogens with zero attached hydrogens (tertiary/aromatic N) is 1. The molecular formula is C9H17NO2. The van der Waals surface area contributed by atoms with Crippen molar-refractivity contribution in [2.45, 2.75) is 45.8 Å². The standard InChI is InChI=1S/C9H17NO2/c1-5-9(4)6(2)8(10-11)7(3)12-9/h6-7,11H,5H2,1-4H3/b10-8-. The molecule has 0 radical (unpaired) electrons. The van der Waals surface area contributed by atoms with E-state index in [-0.39, 0.29) is 17.6 Å². The van der Waals surface area contributed by atoms with Crippen molar-refractivity contribution < 1.29 is 9.94 Å². The summed E-state index contributed by atoms with van der Waals surface area (Å²) in [6.45, 7) is 8.12. The Balaban J connectivity index is 2.89. The average Bonchev–Trinajstić information content (AvgIpc) is 2.25. The molecule has 3 unspecified atom stereocenters. The van der Waals surface area contributed by atoms with Gasteiger partial charge in [-0.15, -0.1) is 0 Å². The van der Waals surface area contributed by atoms with Gasteiger partial charge in [0.15, 0.2) is 0 Å². The van der Waals surface area contributed by atoms with Gasteiger partial charge in [-0.05, 0) is 20.3 Å². The van der Waals surface area contributed by atoms with E-state index in [2.05, 4.69) is 19.0 Å². The molecule has 1 heterocycles. The maximum absolute atomic E-state index is 8.74. The van der Waals surface area contributed by atoms with Crippen LogP contribution in [0.15, 0.2) is 5.16 Å². The van der Waals surface area contributed by atoms with Crippen LogP contribution in [0.25, 0.3) is 0 Å². The number of ether oxygens (including phenoxy) is 1. The maximum atomic E-state index is 8.74. The molecule has 0 aliphatic carbocycles. The normalized spacial score (nSPS) is 45.5. The summed E-state index contributed by atoms with van der Waals surface area (Å²) in [6, 6.07) is 0. The largest absolute Gasteiger partial charge is 0.411 e. The minimum Gasteiger partial charge on any atom is -0.411 e. The molecule has 1 aliphatic heterocycles.